The number of ether oxygens (including phenoxy) is 5. The van der Waals surface area contributed by atoms with E-state index in [4.69, 9.17) is 23.7 Å². The van der Waals surface area contributed by atoms with Gasteiger partial charge in [-0.25, -0.2) is 0 Å². The first kappa shape index (κ1) is 20.4. The Hall–Kier alpha value is -1.68. The van der Waals surface area contributed by atoms with E-state index in [1.54, 1.807) is 0 Å². The third kappa shape index (κ3) is 5.75. The number of alkyl halides is 1. The highest BCUT2D eigenvalue weighted by Gasteiger charge is 2.52. The number of halogens is 1. The van der Waals surface area contributed by atoms with E-state index in [0.717, 1.165) is 20.8 Å². The van der Waals surface area contributed by atoms with Crippen LogP contribution in [-0.4, -0.2) is 59.9 Å². The first-order chi connectivity index (χ1) is 11.1. The van der Waals surface area contributed by atoms with Crippen LogP contribution in [0.2, 0.25) is 0 Å². The predicted octanol–water partition coefficient (Wildman–Crippen LogP) is 0.464. The molecule has 136 valence electrons. The fourth-order valence-corrected chi connectivity index (χ4v) is 2.76. The first-order valence-corrected chi connectivity index (χ1v) is 8.18. The molecular weight excluding hydrogens is 392 g/mol. The molecule has 9 nitrogen and oxygen atoms in total. The van der Waals surface area contributed by atoms with Gasteiger partial charge in [0.05, 0.1) is 0 Å². The minimum Gasteiger partial charge on any atom is -0.456 e. The van der Waals surface area contributed by atoms with Gasteiger partial charge >= 0.3 is 23.9 Å². The number of hydrogen-bond donors (Lipinski definition) is 0. The van der Waals surface area contributed by atoms with Gasteiger partial charge in [0.1, 0.15) is 6.10 Å². The molecule has 1 heterocycles. The van der Waals surface area contributed by atoms with Crippen molar-refractivity contribution in [2.75, 3.05) is 5.33 Å². The largest absolute Gasteiger partial charge is 0.456 e. The van der Waals surface area contributed by atoms with Crippen molar-refractivity contribution in [1.29, 1.82) is 0 Å². The van der Waals surface area contributed by atoms with Crippen LogP contribution in [0.3, 0.4) is 0 Å². The van der Waals surface area contributed by atoms with Crippen LogP contribution in [0.25, 0.3) is 0 Å². The highest BCUT2D eigenvalue weighted by Crippen LogP contribution is 2.30. The van der Waals surface area contributed by atoms with Crippen LogP contribution in [0.1, 0.15) is 27.7 Å². The van der Waals surface area contributed by atoms with Crippen LogP contribution in [0.4, 0.5) is 0 Å². The summed E-state index contributed by atoms with van der Waals surface area (Å²) in [4.78, 5) is 45.5. The quantitative estimate of drug-likeness (QED) is 0.362. The maximum Gasteiger partial charge on any atom is 0.305 e. The number of rotatable bonds is 5. The molecule has 1 fully saturated rings. The Morgan fingerprint density at radius 2 is 1.17 bits per heavy atom. The average Bonchev–Trinajstić information content (AvgIpc) is 2.42. The smallest absolute Gasteiger partial charge is 0.305 e. The van der Waals surface area contributed by atoms with Gasteiger partial charge < -0.3 is 23.7 Å². The monoisotopic (exact) mass is 410 g/mol. The molecule has 5 unspecified atom stereocenters. The summed E-state index contributed by atoms with van der Waals surface area (Å²) in [6.45, 7) is 4.60. The fraction of sp³-hybridized carbons (Fsp3) is 0.714. The molecule has 10 heteroatoms. The Bertz CT molecular complexity index is 506. The minimum absolute atomic E-state index is 0.188. The van der Waals surface area contributed by atoms with E-state index in [2.05, 4.69) is 15.9 Å². The third-order valence-corrected chi connectivity index (χ3v) is 3.57. The first-order valence-electron chi connectivity index (χ1n) is 7.06. The van der Waals surface area contributed by atoms with Gasteiger partial charge in [-0.1, -0.05) is 15.9 Å². The SMILES string of the molecule is CC(=O)OC1OC(CBr)C(OC(C)=O)C(OC(C)=O)C1OC(C)=O. The van der Waals surface area contributed by atoms with Crippen molar-refractivity contribution >= 4 is 39.8 Å². The molecule has 24 heavy (non-hydrogen) atoms. The summed E-state index contributed by atoms with van der Waals surface area (Å²) in [5, 5.41) is 0.188. The molecule has 0 radical (unpaired) electrons. The second-order valence-electron chi connectivity index (χ2n) is 5.03. The Balaban J connectivity index is 3.23. The van der Waals surface area contributed by atoms with Gasteiger partial charge in [-0.2, -0.15) is 0 Å². The van der Waals surface area contributed by atoms with Crippen LogP contribution in [0.15, 0.2) is 0 Å². The highest BCUT2D eigenvalue weighted by atomic mass is 79.9. The van der Waals surface area contributed by atoms with E-state index in [0.29, 0.717) is 0 Å². The maximum atomic E-state index is 11.4. The van der Waals surface area contributed by atoms with Crippen LogP contribution < -0.4 is 0 Å². The van der Waals surface area contributed by atoms with Crippen LogP contribution in [-0.2, 0) is 42.9 Å². The van der Waals surface area contributed by atoms with Crippen molar-refractivity contribution < 1.29 is 42.9 Å². The topological polar surface area (TPSA) is 114 Å². The highest BCUT2D eigenvalue weighted by molar-refractivity contribution is 9.09. The van der Waals surface area contributed by atoms with Crippen molar-refractivity contribution in [2.45, 2.75) is 58.4 Å². The summed E-state index contributed by atoms with van der Waals surface area (Å²) in [5.74, 6) is -2.72. The fourth-order valence-electron chi connectivity index (χ4n) is 2.24. The Labute approximate surface area is 147 Å². The predicted molar refractivity (Wildman–Crippen MR) is 80.9 cm³/mol. The maximum absolute atomic E-state index is 11.4. The lowest BCUT2D eigenvalue weighted by Gasteiger charge is -2.43. The molecule has 0 aromatic carbocycles. The van der Waals surface area contributed by atoms with E-state index in [1.807, 2.05) is 0 Å². The second-order valence-corrected chi connectivity index (χ2v) is 5.68. The molecule has 1 saturated heterocycles. The second kappa shape index (κ2) is 8.97. The molecule has 1 aliphatic heterocycles. The van der Waals surface area contributed by atoms with Gasteiger partial charge in [-0.3, -0.25) is 19.2 Å². The molecule has 1 aliphatic rings. The van der Waals surface area contributed by atoms with Crippen molar-refractivity contribution in [1.82, 2.24) is 0 Å². The van der Waals surface area contributed by atoms with Gasteiger partial charge in [-0.15, -0.1) is 0 Å². The van der Waals surface area contributed by atoms with E-state index < -0.39 is 54.6 Å². The summed E-state index contributed by atoms with van der Waals surface area (Å²) in [6.07, 6.45) is -5.65. The molecule has 0 aromatic heterocycles. The molecule has 0 bridgehead atoms. The van der Waals surface area contributed by atoms with Gasteiger partial charge in [0.15, 0.2) is 12.2 Å². The molecule has 0 N–H and O–H groups in total. The summed E-state index contributed by atoms with van der Waals surface area (Å²) in [7, 11) is 0. The molecule has 0 amide bonds. The zero-order valence-corrected chi connectivity index (χ0v) is 15.2. The molecule has 0 spiro atoms. The van der Waals surface area contributed by atoms with Crippen molar-refractivity contribution in [2.24, 2.45) is 0 Å². The van der Waals surface area contributed by atoms with Gasteiger partial charge in [0, 0.05) is 33.0 Å². The zero-order chi connectivity index (χ0) is 18.4. The number of esters is 4. The Morgan fingerprint density at radius 3 is 1.58 bits per heavy atom. The molecule has 0 aromatic rings. The number of carbonyl (C=O) groups excluding carboxylic acids is 4. The lowest BCUT2D eigenvalue weighted by molar-refractivity contribution is -0.291. The van der Waals surface area contributed by atoms with Crippen LogP contribution in [0.5, 0.6) is 0 Å². The Kier molecular flexibility index (Phi) is 7.61. The molecule has 0 aliphatic carbocycles. The van der Waals surface area contributed by atoms with E-state index in [1.165, 1.54) is 6.92 Å². The van der Waals surface area contributed by atoms with Crippen molar-refractivity contribution in [3.05, 3.63) is 0 Å². The standard InChI is InChI=1S/C14H19BrO9/c1-6(16)20-11-10(5-15)24-14(23-9(4)19)13(22-8(3)18)12(11)21-7(2)17/h10-14H,5H2,1-4H3. The van der Waals surface area contributed by atoms with Gasteiger partial charge in [-0.05, 0) is 0 Å². The van der Waals surface area contributed by atoms with E-state index in [9.17, 15) is 19.2 Å². The minimum atomic E-state index is -1.31. The Morgan fingerprint density at radius 1 is 0.750 bits per heavy atom. The molecule has 5 atom stereocenters. The molecule has 0 saturated carbocycles. The summed E-state index contributed by atoms with van der Waals surface area (Å²) in [5.41, 5.74) is 0. The van der Waals surface area contributed by atoms with E-state index in [-0.39, 0.29) is 5.33 Å². The third-order valence-electron chi connectivity index (χ3n) is 2.93. The number of carbonyl (C=O) groups is 4. The van der Waals surface area contributed by atoms with Gasteiger partial charge in [0.25, 0.3) is 0 Å². The molecular formula is C14H19BrO9. The van der Waals surface area contributed by atoms with E-state index >= 15 is 0 Å². The average molecular weight is 411 g/mol. The lowest BCUT2D eigenvalue weighted by Crippen LogP contribution is -2.62. The summed E-state index contributed by atoms with van der Waals surface area (Å²) in [6, 6.07) is 0. The van der Waals surface area contributed by atoms with Crippen LogP contribution in [0, 0.1) is 0 Å². The molecule has 1 rings (SSSR count). The van der Waals surface area contributed by atoms with Gasteiger partial charge in [0.2, 0.25) is 12.4 Å². The van der Waals surface area contributed by atoms with Crippen molar-refractivity contribution in [3.63, 3.8) is 0 Å². The normalized spacial score (nSPS) is 29.3. The number of hydrogen-bond acceptors (Lipinski definition) is 9. The lowest BCUT2D eigenvalue weighted by atomic mass is 9.99. The van der Waals surface area contributed by atoms with Crippen molar-refractivity contribution in [3.8, 4) is 0 Å². The zero-order valence-electron chi connectivity index (χ0n) is 13.6. The summed E-state index contributed by atoms with van der Waals surface area (Å²) >= 11 is 3.19. The van der Waals surface area contributed by atoms with Crippen LogP contribution >= 0.6 is 15.9 Å². The summed E-state index contributed by atoms with van der Waals surface area (Å²) < 4.78 is 26.0.